The molecule has 0 aliphatic heterocycles. The van der Waals surface area contributed by atoms with Crippen molar-refractivity contribution >= 4 is 34.2 Å². The molecule has 0 unspecified atom stereocenters. The number of hydrogen-bond acceptors (Lipinski definition) is 5. The standard InChI is InChI=1S/C16H17ClN2O5/c1-5-24-15(21)10-8-18(16(2,3)4)12-7-11(17)13(19(22)23)6-9(12)14(10)20/h6-8H,5H2,1-4H3. The third kappa shape index (κ3) is 3.12. The molecule has 0 aliphatic carbocycles. The molecule has 24 heavy (non-hydrogen) atoms. The van der Waals surface area contributed by atoms with Crippen LogP contribution in [0.15, 0.2) is 23.1 Å². The maximum absolute atomic E-state index is 12.6. The average molecular weight is 353 g/mol. The van der Waals surface area contributed by atoms with Crippen molar-refractivity contribution in [2.24, 2.45) is 0 Å². The molecule has 0 bridgehead atoms. The van der Waals surface area contributed by atoms with Crippen molar-refractivity contribution in [2.75, 3.05) is 6.61 Å². The van der Waals surface area contributed by atoms with Crippen LogP contribution in [0.4, 0.5) is 5.69 Å². The summed E-state index contributed by atoms with van der Waals surface area (Å²) in [5.74, 6) is -0.764. The minimum absolute atomic E-state index is 0.0478. The Kier molecular flexibility index (Phi) is 4.66. The third-order valence-corrected chi connectivity index (χ3v) is 3.79. The van der Waals surface area contributed by atoms with Gasteiger partial charge in [0.05, 0.1) is 22.4 Å². The Morgan fingerprint density at radius 3 is 2.50 bits per heavy atom. The molecular weight excluding hydrogens is 336 g/mol. The van der Waals surface area contributed by atoms with Crippen LogP contribution in [0.1, 0.15) is 38.1 Å². The number of nitro benzene ring substituents is 1. The van der Waals surface area contributed by atoms with Gasteiger partial charge >= 0.3 is 5.97 Å². The number of esters is 1. The number of fused-ring (bicyclic) bond motifs is 1. The highest BCUT2D eigenvalue weighted by atomic mass is 35.5. The van der Waals surface area contributed by atoms with Crippen LogP contribution in [-0.4, -0.2) is 22.1 Å². The molecule has 0 saturated heterocycles. The first-order chi connectivity index (χ1) is 11.1. The number of nitrogens with zero attached hydrogens (tertiary/aromatic N) is 2. The van der Waals surface area contributed by atoms with E-state index in [1.165, 1.54) is 12.3 Å². The van der Waals surface area contributed by atoms with Gasteiger partial charge in [0.15, 0.2) is 0 Å². The highest BCUT2D eigenvalue weighted by Gasteiger charge is 2.24. The Bertz CT molecular complexity index is 896. The number of carbonyl (C=O) groups excluding carboxylic acids is 1. The second kappa shape index (κ2) is 6.24. The summed E-state index contributed by atoms with van der Waals surface area (Å²) in [6.45, 7) is 7.38. The molecule has 128 valence electrons. The zero-order valence-corrected chi connectivity index (χ0v) is 14.5. The number of carbonyl (C=O) groups is 1. The maximum Gasteiger partial charge on any atom is 0.343 e. The van der Waals surface area contributed by atoms with Gasteiger partial charge in [0.2, 0.25) is 5.43 Å². The van der Waals surface area contributed by atoms with E-state index >= 15 is 0 Å². The van der Waals surface area contributed by atoms with E-state index in [1.807, 2.05) is 20.8 Å². The van der Waals surface area contributed by atoms with Crippen molar-refractivity contribution in [1.29, 1.82) is 0 Å². The summed E-state index contributed by atoms with van der Waals surface area (Å²) in [7, 11) is 0. The predicted octanol–water partition coefficient (Wildman–Crippen LogP) is 3.49. The van der Waals surface area contributed by atoms with E-state index in [0.29, 0.717) is 5.52 Å². The average Bonchev–Trinajstić information content (AvgIpc) is 2.45. The number of pyridine rings is 1. The molecule has 0 N–H and O–H groups in total. The SMILES string of the molecule is CCOC(=O)c1cn(C(C)(C)C)c2cc(Cl)c([N+](=O)[O-])cc2c1=O. The molecule has 0 spiro atoms. The van der Waals surface area contributed by atoms with Crippen molar-refractivity contribution in [3.05, 3.63) is 49.3 Å². The van der Waals surface area contributed by atoms with E-state index in [9.17, 15) is 19.7 Å². The lowest BCUT2D eigenvalue weighted by Crippen LogP contribution is -2.28. The number of benzene rings is 1. The van der Waals surface area contributed by atoms with Gasteiger partial charge < -0.3 is 9.30 Å². The molecule has 7 nitrogen and oxygen atoms in total. The zero-order chi connectivity index (χ0) is 18.2. The lowest BCUT2D eigenvalue weighted by molar-refractivity contribution is -0.384. The lowest BCUT2D eigenvalue weighted by atomic mass is 10.0. The Morgan fingerprint density at radius 2 is 2.00 bits per heavy atom. The third-order valence-electron chi connectivity index (χ3n) is 3.49. The minimum Gasteiger partial charge on any atom is -0.462 e. The molecule has 0 fully saturated rings. The topological polar surface area (TPSA) is 91.4 Å². The molecule has 1 aromatic carbocycles. The summed E-state index contributed by atoms with van der Waals surface area (Å²) >= 11 is 5.98. The van der Waals surface area contributed by atoms with Crippen LogP contribution < -0.4 is 5.43 Å². The summed E-state index contributed by atoms with van der Waals surface area (Å²) in [5.41, 5.74) is -1.26. The number of nitro groups is 1. The van der Waals surface area contributed by atoms with Crippen molar-refractivity contribution in [3.8, 4) is 0 Å². The first-order valence-electron chi connectivity index (χ1n) is 7.28. The van der Waals surface area contributed by atoms with E-state index < -0.39 is 21.9 Å². The Balaban J connectivity index is 2.96. The van der Waals surface area contributed by atoms with Gasteiger partial charge in [-0.3, -0.25) is 14.9 Å². The smallest absolute Gasteiger partial charge is 0.343 e. The molecule has 8 heteroatoms. The van der Waals surface area contributed by atoms with Crippen LogP contribution in [0, 0.1) is 10.1 Å². The van der Waals surface area contributed by atoms with E-state index in [1.54, 1.807) is 11.5 Å². The molecule has 2 rings (SSSR count). The van der Waals surface area contributed by atoms with Gasteiger partial charge in [0.25, 0.3) is 5.69 Å². The lowest BCUT2D eigenvalue weighted by Gasteiger charge is -2.26. The second-order valence-electron chi connectivity index (χ2n) is 6.21. The highest BCUT2D eigenvalue weighted by Crippen LogP contribution is 2.31. The number of hydrogen-bond donors (Lipinski definition) is 0. The molecule has 2 aromatic rings. The van der Waals surface area contributed by atoms with Crippen molar-refractivity contribution in [1.82, 2.24) is 4.57 Å². The van der Waals surface area contributed by atoms with Gasteiger partial charge in [-0.15, -0.1) is 0 Å². The summed E-state index contributed by atoms with van der Waals surface area (Å²) in [6, 6.07) is 2.47. The van der Waals surface area contributed by atoms with Gasteiger partial charge in [-0.25, -0.2) is 4.79 Å². The fourth-order valence-electron chi connectivity index (χ4n) is 2.38. The van der Waals surface area contributed by atoms with Crippen LogP contribution in [-0.2, 0) is 10.3 Å². The highest BCUT2D eigenvalue weighted by molar-refractivity contribution is 6.33. The summed E-state index contributed by atoms with van der Waals surface area (Å²) in [4.78, 5) is 35.1. The molecule has 1 aromatic heterocycles. The normalized spacial score (nSPS) is 11.5. The maximum atomic E-state index is 12.6. The largest absolute Gasteiger partial charge is 0.462 e. The van der Waals surface area contributed by atoms with Crippen LogP contribution in [0.25, 0.3) is 10.9 Å². The zero-order valence-electron chi connectivity index (χ0n) is 13.8. The van der Waals surface area contributed by atoms with Gasteiger partial charge in [-0.2, -0.15) is 0 Å². The Labute approximate surface area is 142 Å². The minimum atomic E-state index is -0.764. The number of rotatable bonds is 3. The monoisotopic (exact) mass is 352 g/mol. The van der Waals surface area contributed by atoms with E-state index in [2.05, 4.69) is 0 Å². The van der Waals surface area contributed by atoms with Crippen molar-refractivity contribution in [3.63, 3.8) is 0 Å². The van der Waals surface area contributed by atoms with Gasteiger partial charge in [-0.05, 0) is 33.8 Å². The van der Waals surface area contributed by atoms with Crippen LogP contribution in [0.2, 0.25) is 5.02 Å². The summed E-state index contributed by atoms with van der Waals surface area (Å²) < 4.78 is 6.60. The van der Waals surface area contributed by atoms with Crippen molar-refractivity contribution in [2.45, 2.75) is 33.2 Å². The quantitative estimate of drug-likeness (QED) is 0.479. The number of aromatic nitrogens is 1. The van der Waals surface area contributed by atoms with E-state index in [-0.39, 0.29) is 28.3 Å². The fraction of sp³-hybridized carbons (Fsp3) is 0.375. The predicted molar refractivity (Wildman–Crippen MR) is 90.8 cm³/mol. The van der Waals surface area contributed by atoms with Gasteiger partial charge in [0, 0.05) is 17.8 Å². The van der Waals surface area contributed by atoms with Crippen LogP contribution in [0.5, 0.6) is 0 Å². The number of ether oxygens (including phenoxy) is 1. The molecule has 0 saturated carbocycles. The number of halogens is 1. The summed E-state index contributed by atoms with van der Waals surface area (Å²) in [6.07, 6.45) is 1.41. The molecule has 0 amide bonds. The molecule has 1 heterocycles. The molecular formula is C16H17ClN2O5. The van der Waals surface area contributed by atoms with Crippen LogP contribution in [0.3, 0.4) is 0 Å². The Hall–Kier alpha value is -2.41. The van der Waals surface area contributed by atoms with Crippen LogP contribution >= 0.6 is 11.6 Å². The first-order valence-corrected chi connectivity index (χ1v) is 7.66. The van der Waals surface area contributed by atoms with E-state index in [0.717, 1.165) is 6.07 Å². The molecule has 0 aliphatic rings. The fourth-order valence-corrected chi connectivity index (χ4v) is 2.61. The second-order valence-corrected chi connectivity index (χ2v) is 6.62. The molecule has 0 radical (unpaired) electrons. The van der Waals surface area contributed by atoms with Crippen molar-refractivity contribution < 1.29 is 14.5 Å². The van der Waals surface area contributed by atoms with Gasteiger partial charge in [0.1, 0.15) is 10.6 Å². The van der Waals surface area contributed by atoms with Gasteiger partial charge in [-0.1, -0.05) is 11.6 Å². The first kappa shape index (κ1) is 17.9. The Morgan fingerprint density at radius 1 is 1.38 bits per heavy atom. The molecule has 0 atom stereocenters. The van der Waals surface area contributed by atoms with E-state index in [4.69, 9.17) is 16.3 Å². The summed E-state index contributed by atoms with van der Waals surface area (Å²) in [5, 5.41) is 11.1.